The summed E-state index contributed by atoms with van der Waals surface area (Å²) in [5.41, 5.74) is -0.406. The fourth-order valence-electron chi connectivity index (χ4n) is 2.25. The minimum absolute atomic E-state index is 0.0920. The third-order valence-corrected chi connectivity index (χ3v) is 5.02. The summed E-state index contributed by atoms with van der Waals surface area (Å²) >= 11 is 0. The van der Waals surface area contributed by atoms with Gasteiger partial charge in [-0.1, -0.05) is 18.2 Å². The highest BCUT2D eigenvalue weighted by atomic mass is 32.2. The van der Waals surface area contributed by atoms with Crippen molar-refractivity contribution in [3.05, 3.63) is 35.4 Å². The third-order valence-electron chi connectivity index (χ3n) is 3.74. The van der Waals surface area contributed by atoms with Gasteiger partial charge in [-0.3, -0.25) is 0 Å². The van der Waals surface area contributed by atoms with Crippen molar-refractivity contribution < 1.29 is 18.3 Å². The monoisotopic (exact) mass is 310 g/mol. The van der Waals surface area contributed by atoms with Crippen molar-refractivity contribution in [2.75, 3.05) is 13.2 Å². The highest BCUT2D eigenvalue weighted by Crippen LogP contribution is 2.25. The number of nitriles is 1. The standard InChI is InChI=1S/C14H18N2O4S/c1-11-14(17,6-7-20-11)10-16-21(18,19)9-13-5-3-2-4-12(13)8-15/h2-5,11,16-17H,6-7,9-10H2,1H3. The van der Waals surface area contributed by atoms with E-state index in [1.165, 1.54) is 0 Å². The lowest BCUT2D eigenvalue weighted by atomic mass is 9.97. The molecule has 1 aromatic carbocycles. The molecule has 2 atom stereocenters. The van der Waals surface area contributed by atoms with E-state index in [1.807, 2.05) is 6.07 Å². The number of sulfonamides is 1. The minimum Gasteiger partial charge on any atom is -0.386 e. The normalized spacial score (nSPS) is 25.7. The number of nitrogens with one attached hydrogen (secondary N) is 1. The van der Waals surface area contributed by atoms with E-state index in [1.54, 1.807) is 31.2 Å². The van der Waals surface area contributed by atoms with E-state index in [2.05, 4.69) is 4.72 Å². The molecular weight excluding hydrogens is 292 g/mol. The van der Waals surface area contributed by atoms with Crippen LogP contribution in [0, 0.1) is 11.3 Å². The van der Waals surface area contributed by atoms with Crippen LogP contribution < -0.4 is 4.72 Å². The molecule has 1 fully saturated rings. The first kappa shape index (κ1) is 15.9. The molecule has 0 amide bonds. The maximum atomic E-state index is 12.1. The third kappa shape index (κ3) is 3.80. The first-order valence-electron chi connectivity index (χ1n) is 6.66. The molecule has 2 unspecified atom stereocenters. The highest BCUT2D eigenvalue weighted by molar-refractivity contribution is 7.88. The van der Waals surface area contributed by atoms with Crippen LogP contribution in [0.1, 0.15) is 24.5 Å². The van der Waals surface area contributed by atoms with Crippen molar-refractivity contribution in [1.82, 2.24) is 4.72 Å². The van der Waals surface area contributed by atoms with Gasteiger partial charge in [0.1, 0.15) is 5.60 Å². The minimum atomic E-state index is -3.63. The lowest BCUT2D eigenvalue weighted by Gasteiger charge is -2.26. The molecule has 2 N–H and O–H groups in total. The van der Waals surface area contributed by atoms with Gasteiger partial charge in [0.25, 0.3) is 0 Å². The predicted molar refractivity (Wildman–Crippen MR) is 76.8 cm³/mol. The van der Waals surface area contributed by atoms with Gasteiger partial charge >= 0.3 is 0 Å². The summed E-state index contributed by atoms with van der Waals surface area (Å²) in [7, 11) is -3.63. The maximum absolute atomic E-state index is 12.1. The summed E-state index contributed by atoms with van der Waals surface area (Å²) in [5.74, 6) is -0.290. The highest BCUT2D eigenvalue weighted by Gasteiger charge is 2.40. The molecule has 2 rings (SSSR count). The smallest absolute Gasteiger partial charge is 0.215 e. The Balaban J connectivity index is 2.04. The van der Waals surface area contributed by atoms with Crippen molar-refractivity contribution in [1.29, 1.82) is 5.26 Å². The second kappa shape index (κ2) is 6.12. The molecule has 0 aliphatic carbocycles. The van der Waals surface area contributed by atoms with E-state index in [0.717, 1.165) is 0 Å². The van der Waals surface area contributed by atoms with Gasteiger partial charge in [0, 0.05) is 19.6 Å². The first-order valence-corrected chi connectivity index (χ1v) is 8.31. The van der Waals surface area contributed by atoms with Gasteiger partial charge in [0.2, 0.25) is 10.0 Å². The Morgan fingerprint density at radius 1 is 1.52 bits per heavy atom. The number of nitrogens with zero attached hydrogens (tertiary/aromatic N) is 1. The van der Waals surface area contributed by atoms with E-state index >= 15 is 0 Å². The summed E-state index contributed by atoms with van der Waals surface area (Å²) in [6.07, 6.45) is -0.0162. The molecule has 1 heterocycles. The van der Waals surface area contributed by atoms with Crippen LogP contribution in [0.3, 0.4) is 0 Å². The van der Waals surface area contributed by atoms with Crippen LogP contribution >= 0.6 is 0 Å². The van der Waals surface area contributed by atoms with Crippen LogP contribution in [-0.4, -0.2) is 38.4 Å². The molecule has 21 heavy (non-hydrogen) atoms. The Hall–Kier alpha value is -1.46. The molecule has 1 aromatic rings. The van der Waals surface area contributed by atoms with Gasteiger partial charge in [0.15, 0.2) is 0 Å². The fraction of sp³-hybridized carbons (Fsp3) is 0.500. The SMILES string of the molecule is CC1OCCC1(O)CNS(=O)(=O)Cc1ccccc1C#N. The van der Waals surface area contributed by atoms with E-state index in [0.29, 0.717) is 24.2 Å². The average molecular weight is 310 g/mol. The molecule has 1 aliphatic heterocycles. The zero-order valence-electron chi connectivity index (χ0n) is 11.7. The second-order valence-electron chi connectivity index (χ2n) is 5.22. The second-order valence-corrected chi connectivity index (χ2v) is 7.02. The van der Waals surface area contributed by atoms with E-state index in [4.69, 9.17) is 10.00 Å². The first-order chi connectivity index (χ1) is 9.86. The fourth-order valence-corrected chi connectivity index (χ4v) is 3.48. The van der Waals surface area contributed by atoms with Gasteiger partial charge < -0.3 is 9.84 Å². The summed E-state index contributed by atoms with van der Waals surface area (Å²) in [6, 6.07) is 8.52. The number of ether oxygens (including phenoxy) is 1. The zero-order valence-corrected chi connectivity index (χ0v) is 12.6. The van der Waals surface area contributed by atoms with Crippen molar-refractivity contribution in [3.8, 4) is 6.07 Å². The van der Waals surface area contributed by atoms with E-state index in [-0.39, 0.29) is 12.3 Å². The Bertz CT molecular complexity index is 653. The molecule has 6 nitrogen and oxygen atoms in total. The molecule has 0 aromatic heterocycles. The van der Waals surface area contributed by atoms with Crippen molar-refractivity contribution in [2.45, 2.75) is 30.8 Å². The summed E-state index contributed by atoms with van der Waals surface area (Å²) in [6.45, 7) is 2.04. The largest absolute Gasteiger partial charge is 0.386 e. The quantitative estimate of drug-likeness (QED) is 0.826. The summed E-state index contributed by atoms with van der Waals surface area (Å²) in [4.78, 5) is 0. The molecule has 0 bridgehead atoms. The molecule has 0 spiro atoms. The number of rotatable bonds is 5. The van der Waals surface area contributed by atoms with Gasteiger partial charge in [-0.15, -0.1) is 0 Å². The Labute approximate surface area is 124 Å². The molecule has 0 radical (unpaired) electrons. The average Bonchev–Trinajstić information content (AvgIpc) is 2.78. The van der Waals surface area contributed by atoms with Gasteiger partial charge in [-0.25, -0.2) is 13.1 Å². The molecule has 1 aliphatic rings. The van der Waals surface area contributed by atoms with Crippen LogP contribution in [0.2, 0.25) is 0 Å². The molecule has 7 heteroatoms. The Kier molecular flexibility index (Phi) is 4.64. The van der Waals surface area contributed by atoms with Crippen LogP contribution in [0.4, 0.5) is 0 Å². The van der Waals surface area contributed by atoms with Crippen LogP contribution in [0.15, 0.2) is 24.3 Å². The van der Waals surface area contributed by atoms with Crippen molar-refractivity contribution >= 4 is 10.0 Å². The van der Waals surface area contributed by atoms with E-state index in [9.17, 15) is 13.5 Å². The number of benzene rings is 1. The van der Waals surface area contributed by atoms with Crippen LogP contribution in [-0.2, 0) is 20.5 Å². The van der Waals surface area contributed by atoms with Crippen molar-refractivity contribution in [2.24, 2.45) is 0 Å². The van der Waals surface area contributed by atoms with Gasteiger partial charge in [-0.2, -0.15) is 5.26 Å². The molecular formula is C14H18N2O4S. The lowest BCUT2D eigenvalue weighted by molar-refractivity contribution is -0.0228. The molecule has 114 valence electrons. The van der Waals surface area contributed by atoms with Crippen molar-refractivity contribution in [3.63, 3.8) is 0 Å². The number of aliphatic hydroxyl groups is 1. The zero-order chi connectivity index (χ0) is 15.5. The number of hydrogen-bond acceptors (Lipinski definition) is 5. The lowest BCUT2D eigenvalue weighted by Crippen LogP contribution is -2.47. The van der Waals surface area contributed by atoms with E-state index < -0.39 is 21.7 Å². The topological polar surface area (TPSA) is 99.4 Å². The molecule has 0 saturated carbocycles. The van der Waals surface area contributed by atoms with Crippen LogP contribution in [0.25, 0.3) is 0 Å². The van der Waals surface area contributed by atoms with Gasteiger partial charge in [-0.05, 0) is 18.6 Å². The Morgan fingerprint density at radius 2 is 2.24 bits per heavy atom. The Morgan fingerprint density at radius 3 is 2.86 bits per heavy atom. The molecule has 1 saturated heterocycles. The number of hydrogen-bond donors (Lipinski definition) is 2. The predicted octanol–water partition coefficient (Wildman–Crippen LogP) is 0.518. The summed E-state index contributed by atoms with van der Waals surface area (Å²) < 4.78 is 31.9. The van der Waals surface area contributed by atoms with Gasteiger partial charge in [0.05, 0.1) is 23.5 Å². The maximum Gasteiger partial charge on any atom is 0.215 e. The van der Waals surface area contributed by atoms with Crippen LogP contribution in [0.5, 0.6) is 0 Å². The summed E-state index contributed by atoms with van der Waals surface area (Å²) in [5, 5.41) is 19.3.